The number of allylic oxidation sites excluding steroid dienone is 8. The Labute approximate surface area is 246 Å². The second-order valence-corrected chi connectivity index (χ2v) is 9.14. The van der Waals surface area contributed by atoms with Crippen molar-refractivity contribution in [3.63, 3.8) is 0 Å². The molecule has 2 aliphatic carbocycles. The highest BCUT2D eigenvalue weighted by molar-refractivity contribution is 6.30. The summed E-state index contributed by atoms with van der Waals surface area (Å²) < 4.78 is 56.4. The molecule has 0 spiro atoms. The molecule has 0 bridgehead atoms. The molecular weight excluding hydrogens is 570 g/mol. The molecule has 0 amide bonds. The molecule has 0 N–H and O–H groups in total. The van der Waals surface area contributed by atoms with Crippen LogP contribution in [-0.4, -0.2) is 0 Å². The SMILES string of the molecule is N#CC(C#N)=C1C(c2ccc(F)c(F)c2)=C(C#N)c2c1cc1c(c2C#N)C(C#N)=C(c2ccc(F)c(F)c2)C1=C(C#N)C#N. The average Bonchev–Trinajstić information content (AvgIpc) is 3.53. The van der Waals surface area contributed by atoms with Gasteiger partial charge < -0.3 is 0 Å². The van der Waals surface area contributed by atoms with Crippen LogP contribution in [0.3, 0.4) is 0 Å². The van der Waals surface area contributed by atoms with Crippen molar-refractivity contribution < 1.29 is 17.6 Å². The standard InChI is InChI=1S/C33H7F4N7/c34-24-3-1-15(5-26(24)36)28-21(12-42)32-19(30(28)17(8-38)9-39)7-20-31(18(10-40)11-41)29(16-2-4-25(35)27(37)6-16)22(13-43)33(20)23(32)14-44/h1-7H. The van der Waals surface area contributed by atoms with Crippen molar-refractivity contribution in [2.24, 2.45) is 0 Å². The molecule has 5 rings (SSSR count). The molecule has 3 aromatic rings. The summed E-state index contributed by atoms with van der Waals surface area (Å²) in [5.41, 5.74) is -3.57. The van der Waals surface area contributed by atoms with Crippen molar-refractivity contribution in [2.45, 2.75) is 0 Å². The minimum absolute atomic E-state index is 0.0776. The lowest BCUT2D eigenvalue weighted by Gasteiger charge is -2.13. The van der Waals surface area contributed by atoms with Crippen LogP contribution in [0.5, 0.6) is 0 Å². The molecule has 0 fully saturated rings. The fraction of sp³-hybridized carbons (Fsp3) is 0. The van der Waals surface area contributed by atoms with Crippen molar-refractivity contribution in [1.82, 2.24) is 0 Å². The zero-order valence-corrected chi connectivity index (χ0v) is 21.7. The maximum Gasteiger partial charge on any atom is 0.159 e. The van der Waals surface area contributed by atoms with Crippen LogP contribution in [0.15, 0.2) is 53.6 Å². The van der Waals surface area contributed by atoms with Crippen molar-refractivity contribution in [3.05, 3.63) is 116 Å². The predicted molar refractivity (Wildman–Crippen MR) is 145 cm³/mol. The van der Waals surface area contributed by atoms with Gasteiger partial charge in [0.15, 0.2) is 23.3 Å². The van der Waals surface area contributed by atoms with Gasteiger partial charge in [-0.3, -0.25) is 0 Å². The number of halogens is 4. The smallest absolute Gasteiger partial charge is 0.159 e. The van der Waals surface area contributed by atoms with Crippen molar-refractivity contribution >= 4 is 33.4 Å². The Morgan fingerprint density at radius 2 is 0.864 bits per heavy atom. The summed E-state index contributed by atoms with van der Waals surface area (Å²) >= 11 is 0. The third kappa shape index (κ3) is 3.90. The lowest BCUT2D eigenvalue weighted by atomic mass is 9.87. The largest absolute Gasteiger partial charge is 0.204 e. The van der Waals surface area contributed by atoms with E-state index in [2.05, 4.69) is 0 Å². The Balaban J connectivity index is 2.03. The Morgan fingerprint density at radius 3 is 1.16 bits per heavy atom. The molecule has 7 nitrogen and oxygen atoms in total. The lowest BCUT2D eigenvalue weighted by molar-refractivity contribution is 0.508. The quantitative estimate of drug-likeness (QED) is 0.244. The number of nitrogens with zero attached hydrogens (tertiary/aromatic N) is 7. The summed E-state index contributed by atoms with van der Waals surface area (Å²) in [6.07, 6.45) is 0. The van der Waals surface area contributed by atoms with Crippen LogP contribution in [0.25, 0.3) is 33.4 Å². The highest BCUT2D eigenvalue weighted by atomic mass is 19.2. The van der Waals surface area contributed by atoms with Gasteiger partial charge in [-0.25, -0.2) is 17.6 Å². The van der Waals surface area contributed by atoms with Gasteiger partial charge >= 0.3 is 0 Å². The van der Waals surface area contributed by atoms with Gasteiger partial charge in [0.25, 0.3) is 0 Å². The first kappa shape index (κ1) is 28.3. The topological polar surface area (TPSA) is 167 Å². The van der Waals surface area contributed by atoms with Crippen LogP contribution in [-0.2, 0) is 0 Å². The van der Waals surface area contributed by atoms with Gasteiger partial charge in [-0.1, -0.05) is 12.1 Å². The van der Waals surface area contributed by atoms with Crippen molar-refractivity contribution in [2.75, 3.05) is 0 Å². The maximum absolute atomic E-state index is 14.4. The van der Waals surface area contributed by atoms with Crippen molar-refractivity contribution in [3.8, 4) is 42.5 Å². The van der Waals surface area contributed by atoms with Crippen LogP contribution in [0.2, 0.25) is 0 Å². The van der Waals surface area contributed by atoms with Gasteiger partial charge in [-0.2, -0.15) is 36.8 Å². The second-order valence-electron chi connectivity index (χ2n) is 9.14. The number of rotatable bonds is 2. The molecule has 0 heterocycles. The summed E-state index contributed by atoms with van der Waals surface area (Å²) in [4.78, 5) is 0. The fourth-order valence-corrected chi connectivity index (χ4v) is 5.38. The molecule has 0 atom stereocenters. The zero-order valence-electron chi connectivity index (χ0n) is 21.7. The molecule has 3 aromatic carbocycles. The highest BCUT2D eigenvalue weighted by Gasteiger charge is 2.40. The molecule has 0 unspecified atom stereocenters. The first-order chi connectivity index (χ1) is 21.2. The molecule has 0 saturated heterocycles. The molecule has 11 heteroatoms. The minimum Gasteiger partial charge on any atom is -0.204 e. The molecule has 0 aromatic heterocycles. The maximum atomic E-state index is 14.4. The van der Waals surface area contributed by atoms with E-state index in [0.29, 0.717) is 0 Å². The summed E-state index contributed by atoms with van der Waals surface area (Å²) in [6, 6.07) is 19.0. The van der Waals surface area contributed by atoms with Gasteiger partial charge in [0.2, 0.25) is 0 Å². The van der Waals surface area contributed by atoms with E-state index in [-0.39, 0.29) is 72.4 Å². The van der Waals surface area contributed by atoms with Gasteiger partial charge in [0.05, 0.1) is 16.7 Å². The van der Waals surface area contributed by atoms with Crippen LogP contribution in [0, 0.1) is 103 Å². The van der Waals surface area contributed by atoms with Crippen LogP contribution >= 0.6 is 0 Å². The van der Waals surface area contributed by atoms with E-state index in [9.17, 15) is 54.4 Å². The van der Waals surface area contributed by atoms with Gasteiger partial charge in [-0.05, 0) is 52.6 Å². The Hall–Kier alpha value is -7.23. The monoisotopic (exact) mass is 577 g/mol. The van der Waals surface area contributed by atoms with E-state index in [1.807, 2.05) is 18.2 Å². The third-order valence-corrected chi connectivity index (χ3v) is 7.07. The predicted octanol–water partition coefficient (Wildman–Crippen LogP) is 6.61. The number of hydrogen-bond donors (Lipinski definition) is 0. The highest BCUT2D eigenvalue weighted by Crippen LogP contribution is 2.56. The van der Waals surface area contributed by atoms with Gasteiger partial charge in [0, 0.05) is 33.4 Å². The van der Waals surface area contributed by atoms with E-state index >= 15 is 0 Å². The average molecular weight is 577 g/mol. The van der Waals surface area contributed by atoms with Crippen LogP contribution in [0.1, 0.15) is 38.9 Å². The summed E-state index contributed by atoms with van der Waals surface area (Å²) in [6.45, 7) is 0. The van der Waals surface area contributed by atoms with E-state index in [1.54, 1.807) is 24.3 Å². The molecule has 2 aliphatic rings. The normalized spacial score (nSPS) is 12.6. The number of benzene rings is 3. The van der Waals surface area contributed by atoms with Gasteiger partial charge in [0.1, 0.15) is 53.6 Å². The van der Waals surface area contributed by atoms with Crippen LogP contribution in [0.4, 0.5) is 17.6 Å². The first-order valence-corrected chi connectivity index (χ1v) is 12.1. The van der Waals surface area contributed by atoms with E-state index in [4.69, 9.17) is 0 Å². The number of hydrogen-bond acceptors (Lipinski definition) is 7. The van der Waals surface area contributed by atoms with E-state index in [1.165, 1.54) is 6.07 Å². The Morgan fingerprint density at radius 1 is 0.477 bits per heavy atom. The Kier molecular flexibility index (Phi) is 6.84. The van der Waals surface area contributed by atoms with E-state index < -0.39 is 34.4 Å². The molecule has 202 valence electrons. The summed E-state index contributed by atoms with van der Waals surface area (Å²) in [7, 11) is 0. The molecule has 44 heavy (non-hydrogen) atoms. The van der Waals surface area contributed by atoms with E-state index in [0.717, 1.165) is 36.4 Å². The summed E-state index contributed by atoms with van der Waals surface area (Å²) in [5.74, 6) is -5.03. The fourth-order valence-electron chi connectivity index (χ4n) is 5.38. The third-order valence-electron chi connectivity index (χ3n) is 7.07. The second kappa shape index (κ2) is 10.6. The molecule has 0 aliphatic heterocycles. The number of nitriles is 7. The van der Waals surface area contributed by atoms with Crippen LogP contribution < -0.4 is 0 Å². The summed E-state index contributed by atoms with van der Waals surface area (Å²) in [5, 5.41) is 70.4. The molecular formula is C33H7F4N7. The Bertz CT molecular complexity index is 2160. The molecule has 0 radical (unpaired) electrons. The minimum atomic E-state index is -1.30. The van der Waals surface area contributed by atoms with Gasteiger partial charge in [-0.15, -0.1) is 0 Å². The zero-order chi connectivity index (χ0) is 31.9. The molecule has 0 saturated carbocycles. The van der Waals surface area contributed by atoms with Crippen molar-refractivity contribution in [1.29, 1.82) is 36.8 Å². The lowest BCUT2D eigenvalue weighted by Crippen LogP contribution is -2.00. The first-order valence-electron chi connectivity index (χ1n) is 12.1. The number of fused-ring (bicyclic) bond motifs is 2.